The smallest absolute Gasteiger partial charge is 0.325 e. The van der Waals surface area contributed by atoms with Crippen LogP contribution in [0.1, 0.15) is 12.5 Å². The van der Waals surface area contributed by atoms with Crippen LogP contribution in [0.5, 0.6) is 11.5 Å². The van der Waals surface area contributed by atoms with Gasteiger partial charge in [-0.25, -0.2) is 0 Å². The topological polar surface area (TPSA) is 84.9 Å². The minimum atomic E-state index is -1.08. The molecule has 1 heterocycles. The van der Waals surface area contributed by atoms with Crippen LogP contribution in [0.3, 0.4) is 0 Å². The highest BCUT2D eigenvalue weighted by atomic mass is 35.5. The Morgan fingerprint density at radius 1 is 1.40 bits per heavy atom. The van der Waals surface area contributed by atoms with Gasteiger partial charge in [-0.2, -0.15) is 0 Å². The van der Waals surface area contributed by atoms with Gasteiger partial charge in [0.05, 0.1) is 11.4 Å². The first-order valence-corrected chi connectivity index (χ1v) is 6.45. The minimum Gasteiger partial charge on any atom is -0.486 e. The molecule has 0 saturated heterocycles. The van der Waals surface area contributed by atoms with Gasteiger partial charge in [-0.15, -0.1) is 0 Å². The van der Waals surface area contributed by atoms with Crippen molar-refractivity contribution < 1.29 is 24.2 Å². The molecule has 108 valence electrons. The third kappa shape index (κ3) is 3.33. The maximum Gasteiger partial charge on any atom is 0.325 e. The van der Waals surface area contributed by atoms with Crippen molar-refractivity contribution in [2.75, 3.05) is 13.2 Å². The van der Waals surface area contributed by atoms with Crippen LogP contribution in [0.15, 0.2) is 12.1 Å². The Hall–Kier alpha value is -1.95. The molecule has 1 aromatic carbocycles. The highest BCUT2D eigenvalue weighted by Gasteiger charge is 2.19. The van der Waals surface area contributed by atoms with Gasteiger partial charge in [0.1, 0.15) is 19.3 Å². The zero-order valence-corrected chi connectivity index (χ0v) is 11.6. The Kier molecular flexibility index (Phi) is 4.34. The number of aliphatic carboxylic acids is 1. The van der Waals surface area contributed by atoms with E-state index in [0.29, 0.717) is 35.3 Å². The summed E-state index contributed by atoms with van der Waals surface area (Å²) in [5.41, 5.74) is 0.634. The number of carbonyl (C=O) groups is 2. The number of fused-ring (bicyclic) bond motifs is 1. The average molecular weight is 300 g/mol. The molecule has 1 amide bonds. The quantitative estimate of drug-likeness (QED) is 0.874. The number of hydrogen-bond donors (Lipinski definition) is 2. The summed E-state index contributed by atoms with van der Waals surface area (Å²) in [7, 11) is 0. The van der Waals surface area contributed by atoms with E-state index < -0.39 is 17.9 Å². The largest absolute Gasteiger partial charge is 0.486 e. The van der Waals surface area contributed by atoms with Crippen molar-refractivity contribution in [3.63, 3.8) is 0 Å². The van der Waals surface area contributed by atoms with Gasteiger partial charge in [-0.05, 0) is 24.6 Å². The standard InChI is InChI=1S/C13H14ClNO5/c1-7(13(17)18)15-11(16)6-8-4-9(14)12-10(5-8)19-2-3-20-12/h4-5,7H,2-3,6H2,1H3,(H,15,16)(H,17,18). The van der Waals surface area contributed by atoms with Gasteiger partial charge in [0.25, 0.3) is 0 Å². The Morgan fingerprint density at radius 3 is 2.80 bits per heavy atom. The predicted octanol–water partition coefficient (Wildman–Crippen LogP) is 1.24. The SMILES string of the molecule is CC(NC(=O)Cc1cc(Cl)c2c(c1)OCCO2)C(=O)O. The second-order valence-electron chi connectivity index (χ2n) is 4.41. The molecule has 7 heteroatoms. The van der Waals surface area contributed by atoms with Crippen LogP contribution in [0.25, 0.3) is 0 Å². The van der Waals surface area contributed by atoms with E-state index in [1.54, 1.807) is 12.1 Å². The van der Waals surface area contributed by atoms with Gasteiger partial charge in [0.15, 0.2) is 11.5 Å². The number of carbonyl (C=O) groups excluding carboxylic acids is 1. The summed E-state index contributed by atoms with van der Waals surface area (Å²) in [6.45, 7) is 2.26. The van der Waals surface area contributed by atoms with Crippen LogP contribution in [0, 0.1) is 0 Å². The Bertz CT molecular complexity index is 546. The molecular formula is C13H14ClNO5. The van der Waals surface area contributed by atoms with E-state index in [-0.39, 0.29) is 6.42 Å². The van der Waals surface area contributed by atoms with E-state index in [2.05, 4.69) is 5.32 Å². The fraction of sp³-hybridized carbons (Fsp3) is 0.385. The van der Waals surface area contributed by atoms with E-state index in [9.17, 15) is 9.59 Å². The number of halogens is 1. The monoisotopic (exact) mass is 299 g/mol. The molecule has 0 bridgehead atoms. The number of rotatable bonds is 4. The Labute approximate surface area is 120 Å². The number of benzene rings is 1. The van der Waals surface area contributed by atoms with Gasteiger partial charge in [0, 0.05) is 0 Å². The molecule has 20 heavy (non-hydrogen) atoms. The van der Waals surface area contributed by atoms with Crippen molar-refractivity contribution in [3.8, 4) is 11.5 Å². The summed E-state index contributed by atoms with van der Waals surface area (Å²) in [6, 6.07) is 2.35. The van der Waals surface area contributed by atoms with Crippen LogP contribution >= 0.6 is 11.6 Å². The molecule has 1 aromatic rings. The molecule has 1 unspecified atom stereocenters. The highest BCUT2D eigenvalue weighted by molar-refractivity contribution is 6.32. The number of amides is 1. The summed E-state index contributed by atoms with van der Waals surface area (Å²) in [4.78, 5) is 22.4. The van der Waals surface area contributed by atoms with Crippen LogP contribution < -0.4 is 14.8 Å². The molecule has 0 spiro atoms. The molecule has 1 atom stereocenters. The van der Waals surface area contributed by atoms with Crippen molar-refractivity contribution in [1.29, 1.82) is 0 Å². The molecule has 0 aliphatic carbocycles. The molecule has 2 N–H and O–H groups in total. The number of carboxylic acids is 1. The molecule has 0 aromatic heterocycles. The maximum atomic E-state index is 11.7. The van der Waals surface area contributed by atoms with E-state index in [0.717, 1.165) is 0 Å². The van der Waals surface area contributed by atoms with Gasteiger partial charge in [0.2, 0.25) is 5.91 Å². The third-order valence-corrected chi connectivity index (χ3v) is 3.05. The second-order valence-corrected chi connectivity index (χ2v) is 4.81. The lowest BCUT2D eigenvalue weighted by molar-refractivity contribution is -0.141. The van der Waals surface area contributed by atoms with E-state index in [1.165, 1.54) is 6.92 Å². The third-order valence-electron chi connectivity index (χ3n) is 2.77. The van der Waals surface area contributed by atoms with Crippen molar-refractivity contribution >= 4 is 23.5 Å². The van der Waals surface area contributed by atoms with Crippen molar-refractivity contribution in [1.82, 2.24) is 5.32 Å². The zero-order chi connectivity index (χ0) is 14.7. The van der Waals surface area contributed by atoms with Crippen LogP contribution in [-0.2, 0) is 16.0 Å². The number of carboxylic acid groups (broad SMARTS) is 1. The second kappa shape index (κ2) is 6.00. The number of nitrogens with one attached hydrogen (secondary N) is 1. The summed E-state index contributed by atoms with van der Waals surface area (Å²) in [5, 5.41) is 11.5. The van der Waals surface area contributed by atoms with Crippen LogP contribution in [-0.4, -0.2) is 36.2 Å². The normalized spacial score (nSPS) is 14.5. The summed E-state index contributed by atoms with van der Waals surface area (Å²) in [5.74, 6) is -0.509. The molecule has 1 aliphatic heterocycles. The Balaban J connectivity index is 2.08. The Morgan fingerprint density at radius 2 is 2.10 bits per heavy atom. The van der Waals surface area contributed by atoms with Gasteiger partial charge in [-0.3, -0.25) is 9.59 Å². The summed E-state index contributed by atoms with van der Waals surface area (Å²) >= 11 is 6.06. The lowest BCUT2D eigenvalue weighted by atomic mass is 10.1. The number of ether oxygens (including phenoxy) is 2. The summed E-state index contributed by atoms with van der Waals surface area (Å²) < 4.78 is 10.8. The van der Waals surface area contributed by atoms with E-state index >= 15 is 0 Å². The average Bonchev–Trinajstić information content (AvgIpc) is 2.38. The molecule has 1 aliphatic rings. The lowest BCUT2D eigenvalue weighted by Gasteiger charge is -2.20. The molecular weight excluding hydrogens is 286 g/mol. The van der Waals surface area contributed by atoms with Gasteiger partial charge in [-0.1, -0.05) is 11.6 Å². The fourth-order valence-electron chi connectivity index (χ4n) is 1.81. The number of hydrogen-bond acceptors (Lipinski definition) is 4. The van der Waals surface area contributed by atoms with Gasteiger partial charge < -0.3 is 19.9 Å². The lowest BCUT2D eigenvalue weighted by Crippen LogP contribution is -2.39. The molecule has 2 rings (SSSR count). The first-order chi connectivity index (χ1) is 9.47. The van der Waals surface area contributed by atoms with Crippen molar-refractivity contribution in [2.24, 2.45) is 0 Å². The van der Waals surface area contributed by atoms with Crippen molar-refractivity contribution in [2.45, 2.75) is 19.4 Å². The predicted molar refractivity (Wildman–Crippen MR) is 71.4 cm³/mol. The first-order valence-electron chi connectivity index (χ1n) is 6.07. The molecule has 6 nitrogen and oxygen atoms in total. The molecule has 0 radical (unpaired) electrons. The van der Waals surface area contributed by atoms with E-state index in [1.807, 2.05) is 0 Å². The maximum absolute atomic E-state index is 11.7. The first kappa shape index (κ1) is 14.5. The van der Waals surface area contributed by atoms with Crippen molar-refractivity contribution in [3.05, 3.63) is 22.7 Å². The molecule has 0 fully saturated rings. The van der Waals surface area contributed by atoms with E-state index in [4.69, 9.17) is 26.2 Å². The summed E-state index contributed by atoms with van der Waals surface area (Å²) in [6.07, 6.45) is 0.0218. The van der Waals surface area contributed by atoms with Crippen LogP contribution in [0.4, 0.5) is 0 Å². The molecule has 0 saturated carbocycles. The fourth-order valence-corrected chi connectivity index (χ4v) is 2.09. The zero-order valence-electron chi connectivity index (χ0n) is 10.8. The minimum absolute atomic E-state index is 0.0218. The van der Waals surface area contributed by atoms with Crippen LogP contribution in [0.2, 0.25) is 5.02 Å². The highest BCUT2D eigenvalue weighted by Crippen LogP contribution is 2.38. The van der Waals surface area contributed by atoms with Gasteiger partial charge >= 0.3 is 5.97 Å².